The van der Waals surface area contributed by atoms with E-state index >= 15 is 0 Å². The number of hydrogen-bond donors (Lipinski definition) is 0. The van der Waals surface area contributed by atoms with E-state index in [2.05, 4.69) is 37.0 Å². The Morgan fingerprint density at radius 3 is 2.81 bits per heavy atom. The van der Waals surface area contributed by atoms with Gasteiger partial charge in [0.25, 0.3) is 0 Å². The lowest BCUT2D eigenvalue weighted by molar-refractivity contribution is 0.453. The Balaban J connectivity index is 2.01. The molecule has 1 aliphatic carbocycles. The minimum absolute atomic E-state index is 0.846. The van der Waals surface area contributed by atoms with Gasteiger partial charge in [-0.25, -0.2) is 0 Å². The third kappa shape index (κ3) is 3.28. The van der Waals surface area contributed by atoms with Gasteiger partial charge in [0, 0.05) is 5.56 Å². The molecule has 1 aromatic carbocycles. The van der Waals surface area contributed by atoms with E-state index < -0.39 is 0 Å². The van der Waals surface area contributed by atoms with E-state index in [1.807, 2.05) is 18.2 Å². The molecular weight excluding hydrogens is 192 g/mol. The number of rotatable bonds is 0. The van der Waals surface area contributed by atoms with Gasteiger partial charge in [-0.05, 0) is 43.4 Å². The van der Waals surface area contributed by atoms with Gasteiger partial charge in [-0.1, -0.05) is 49.0 Å². The maximum atomic E-state index is 3.18. The highest BCUT2D eigenvalue weighted by atomic mass is 14.2. The van der Waals surface area contributed by atoms with Crippen LogP contribution in [0.2, 0.25) is 0 Å². The van der Waals surface area contributed by atoms with Crippen molar-refractivity contribution in [3.05, 3.63) is 47.5 Å². The summed E-state index contributed by atoms with van der Waals surface area (Å²) in [5.41, 5.74) is 2.63. The molecule has 0 heteroatoms. The molecule has 0 heterocycles. The summed E-state index contributed by atoms with van der Waals surface area (Å²) < 4.78 is 0. The van der Waals surface area contributed by atoms with Crippen LogP contribution in [0.4, 0.5) is 0 Å². The predicted octanol–water partition coefficient (Wildman–Crippen LogP) is 4.17. The first-order valence-corrected chi connectivity index (χ1v) is 6.09. The molecule has 1 saturated carbocycles. The van der Waals surface area contributed by atoms with Crippen LogP contribution in [0.25, 0.3) is 0 Å². The van der Waals surface area contributed by atoms with Crippen molar-refractivity contribution in [2.45, 2.75) is 32.6 Å². The second-order valence-corrected chi connectivity index (χ2v) is 4.64. The molecular formula is C16H18. The van der Waals surface area contributed by atoms with E-state index in [1.165, 1.54) is 31.3 Å². The van der Waals surface area contributed by atoms with Crippen LogP contribution in [0.15, 0.2) is 42.0 Å². The van der Waals surface area contributed by atoms with E-state index in [4.69, 9.17) is 0 Å². The minimum atomic E-state index is 0.846. The van der Waals surface area contributed by atoms with Gasteiger partial charge in [0.05, 0.1) is 0 Å². The molecule has 1 aliphatic rings. The molecule has 0 saturated heterocycles. The highest BCUT2D eigenvalue weighted by Crippen LogP contribution is 2.27. The zero-order valence-corrected chi connectivity index (χ0v) is 9.87. The van der Waals surface area contributed by atoms with Crippen molar-refractivity contribution < 1.29 is 0 Å². The van der Waals surface area contributed by atoms with Gasteiger partial charge >= 0.3 is 0 Å². The van der Waals surface area contributed by atoms with Gasteiger partial charge in [0.2, 0.25) is 0 Å². The summed E-state index contributed by atoms with van der Waals surface area (Å²) in [5, 5.41) is 0. The van der Waals surface area contributed by atoms with Crippen LogP contribution < -0.4 is 0 Å². The molecule has 0 radical (unpaired) electrons. The van der Waals surface area contributed by atoms with Gasteiger partial charge in [0.15, 0.2) is 0 Å². The average Bonchev–Trinajstić information content (AvgIpc) is 2.30. The fourth-order valence-corrected chi connectivity index (χ4v) is 2.20. The van der Waals surface area contributed by atoms with Gasteiger partial charge in [-0.3, -0.25) is 0 Å². The normalized spacial score (nSPS) is 22.6. The summed E-state index contributed by atoms with van der Waals surface area (Å²) >= 11 is 0. The summed E-state index contributed by atoms with van der Waals surface area (Å²) in [6, 6.07) is 10.2. The number of allylic oxidation sites excluding steroid dienone is 2. The Labute approximate surface area is 98.4 Å². The lowest BCUT2D eigenvalue weighted by Gasteiger charge is -2.19. The van der Waals surface area contributed by atoms with Crippen LogP contribution in [-0.4, -0.2) is 0 Å². The van der Waals surface area contributed by atoms with Gasteiger partial charge < -0.3 is 0 Å². The second-order valence-electron chi connectivity index (χ2n) is 4.64. The first-order valence-electron chi connectivity index (χ1n) is 6.09. The van der Waals surface area contributed by atoms with Crippen LogP contribution >= 0.6 is 0 Å². The van der Waals surface area contributed by atoms with Crippen molar-refractivity contribution in [3.63, 3.8) is 0 Å². The van der Waals surface area contributed by atoms with Crippen LogP contribution in [0.5, 0.6) is 0 Å². The second kappa shape index (κ2) is 5.56. The van der Waals surface area contributed by atoms with Gasteiger partial charge in [0.1, 0.15) is 0 Å². The molecule has 0 spiro atoms. The van der Waals surface area contributed by atoms with Crippen molar-refractivity contribution in [1.82, 2.24) is 0 Å². The molecule has 1 aromatic rings. The molecule has 0 aliphatic heterocycles. The molecule has 2 rings (SSSR count). The van der Waals surface area contributed by atoms with Crippen molar-refractivity contribution in [2.24, 2.45) is 5.92 Å². The number of hydrogen-bond acceptors (Lipinski definition) is 0. The maximum absolute atomic E-state index is 3.18. The Hall–Kier alpha value is -1.48. The van der Waals surface area contributed by atoms with Crippen LogP contribution in [0, 0.1) is 17.8 Å². The quantitative estimate of drug-likeness (QED) is 0.564. The van der Waals surface area contributed by atoms with E-state index in [9.17, 15) is 0 Å². The SMILES string of the molecule is CC1CCC/C(=C/C#Cc2ccccc2)C1. The molecule has 0 nitrogen and oxygen atoms in total. The van der Waals surface area contributed by atoms with Crippen molar-refractivity contribution >= 4 is 0 Å². The first-order chi connectivity index (χ1) is 7.84. The maximum Gasteiger partial charge on any atom is 0.0248 e. The summed E-state index contributed by atoms with van der Waals surface area (Å²) in [4.78, 5) is 0. The number of benzene rings is 1. The average molecular weight is 210 g/mol. The van der Waals surface area contributed by atoms with E-state index in [0.29, 0.717) is 0 Å². The molecule has 1 fully saturated rings. The molecule has 1 unspecified atom stereocenters. The molecule has 82 valence electrons. The topological polar surface area (TPSA) is 0 Å². The summed E-state index contributed by atoms with van der Waals surface area (Å²) in [6.45, 7) is 2.33. The third-order valence-electron chi connectivity index (χ3n) is 3.07. The molecule has 0 N–H and O–H groups in total. The van der Waals surface area contributed by atoms with Crippen LogP contribution in [0.3, 0.4) is 0 Å². The zero-order valence-electron chi connectivity index (χ0n) is 9.87. The lowest BCUT2D eigenvalue weighted by Crippen LogP contribution is -2.03. The summed E-state index contributed by atoms with van der Waals surface area (Å²) in [5.74, 6) is 7.21. The summed E-state index contributed by atoms with van der Waals surface area (Å²) in [6.07, 6.45) is 7.32. The smallest absolute Gasteiger partial charge is 0.0248 e. The minimum Gasteiger partial charge on any atom is -0.0697 e. The Morgan fingerprint density at radius 1 is 1.25 bits per heavy atom. The predicted molar refractivity (Wildman–Crippen MR) is 69.0 cm³/mol. The fraction of sp³-hybridized carbons (Fsp3) is 0.375. The lowest BCUT2D eigenvalue weighted by atomic mass is 9.87. The monoisotopic (exact) mass is 210 g/mol. The van der Waals surface area contributed by atoms with Crippen LogP contribution in [-0.2, 0) is 0 Å². The highest BCUT2D eigenvalue weighted by Gasteiger charge is 2.11. The standard InChI is InChI=1S/C16H18/c1-14-7-5-11-16(13-14)12-6-10-15-8-3-2-4-9-15/h2-4,8-9,12,14H,5,7,11,13H2,1H3/b16-12-. The Kier molecular flexibility index (Phi) is 3.83. The van der Waals surface area contributed by atoms with E-state index in [1.54, 1.807) is 0 Å². The molecule has 0 amide bonds. The summed E-state index contributed by atoms with van der Waals surface area (Å²) in [7, 11) is 0. The first kappa shape index (κ1) is 11.0. The molecule has 1 atom stereocenters. The highest BCUT2D eigenvalue weighted by molar-refractivity contribution is 5.37. The van der Waals surface area contributed by atoms with E-state index in [0.717, 1.165) is 11.5 Å². The Morgan fingerprint density at radius 2 is 2.06 bits per heavy atom. The van der Waals surface area contributed by atoms with Crippen LogP contribution in [0.1, 0.15) is 38.2 Å². The third-order valence-corrected chi connectivity index (χ3v) is 3.07. The zero-order chi connectivity index (χ0) is 11.2. The van der Waals surface area contributed by atoms with Crippen molar-refractivity contribution in [2.75, 3.05) is 0 Å². The Bertz CT molecular complexity index is 414. The fourth-order valence-electron chi connectivity index (χ4n) is 2.20. The van der Waals surface area contributed by atoms with Gasteiger partial charge in [-0.2, -0.15) is 0 Å². The molecule has 0 aromatic heterocycles. The van der Waals surface area contributed by atoms with Crippen molar-refractivity contribution in [1.29, 1.82) is 0 Å². The van der Waals surface area contributed by atoms with Crippen molar-refractivity contribution in [3.8, 4) is 11.8 Å². The van der Waals surface area contributed by atoms with Gasteiger partial charge in [-0.15, -0.1) is 0 Å². The molecule has 0 bridgehead atoms. The van der Waals surface area contributed by atoms with E-state index in [-0.39, 0.29) is 0 Å². The largest absolute Gasteiger partial charge is 0.0697 e. The molecule has 16 heavy (non-hydrogen) atoms.